The molecular weight excluding hydrogens is 502 g/mol. The normalized spacial score (nSPS) is 12.2. The van der Waals surface area contributed by atoms with Gasteiger partial charge in [0.1, 0.15) is 11.8 Å². The Hall–Kier alpha value is -3.07. The predicted molar refractivity (Wildman–Crippen MR) is 153 cm³/mol. The number of rotatable bonds is 15. The van der Waals surface area contributed by atoms with Crippen molar-refractivity contribution in [2.45, 2.75) is 66.5 Å². The zero-order valence-electron chi connectivity index (χ0n) is 23.6. The van der Waals surface area contributed by atoms with Gasteiger partial charge in [0.25, 0.3) is 0 Å². The van der Waals surface area contributed by atoms with Gasteiger partial charge < -0.3 is 15.0 Å². The molecule has 0 aliphatic carbocycles. The lowest BCUT2D eigenvalue weighted by Gasteiger charge is -2.32. The van der Waals surface area contributed by atoms with Crippen molar-refractivity contribution < 1.29 is 22.7 Å². The van der Waals surface area contributed by atoms with Crippen molar-refractivity contribution in [3.8, 4) is 5.75 Å². The van der Waals surface area contributed by atoms with Crippen molar-refractivity contribution in [3.05, 3.63) is 59.7 Å². The molecule has 0 radical (unpaired) electrons. The average Bonchev–Trinajstić information content (AvgIpc) is 2.86. The Morgan fingerprint density at radius 2 is 1.68 bits per heavy atom. The third kappa shape index (κ3) is 9.04. The van der Waals surface area contributed by atoms with Crippen LogP contribution in [0.5, 0.6) is 5.75 Å². The largest absolute Gasteiger partial charge is 0.492 e. The first-order chi connectivity index (χ1) is 18.0. The molecule has 1 atom stereocenters. The molecule has 0 aliphatic heterocycles. The highest BCUT2D eigenvalue weighted by molar-refractivity contribution is 7.92. The third-order valence-electron chi connectivity index (χ3n) is 6.26. The molecular formula is C29H43N3O5S. The van der Waals surface area contributed by atoms with E-state index in [0.717, 1.165) is 17.4 Å². The van der Waals surface area contributed by atoms with Crippen molar-refractivity contribution in [1.29, 1.82) is 0 Å². The SMILES string of the molecule is CCOc1ccccc1N(CCCC(=O)N(Cc1ccccc1C)[C@@H](CC)C(=O)NCC(C)C)S(C)(=O)=O. The summed E-state index contributed by atoms with van der Waals surface area (Å²) in [6, 6.07) is 14.2. The number of sulfonamides is 1. The van der Waals surface area contributed by atoms with E-state index in [9.17, 15) is 18.0 Å². The molecule has 0 fully saturated rings. The van der Waals surface area contributed by atoms with Gasteiger partial charge in [-0.25, -0.2) is 8.42 Å². The van der Waals surface area contributed by atoms with E-state index in [-0.39, 0.29) is 24.8 Å². The fourth-order valence-corrected chi connectivity index (χ4v) is 5.21. The van der Waals surface area contributed by atoms with Gasteiger partial charge in [-0.05, 0) is 55.9 Å². The highest BCUT2D eigenvalue weighted by Crippen LogP contribution is 2.30. The van der Waals surface area contributed by atoms with Gasteiger partial charge >= 0.3 is 0 Å². The molecule has 0 saturated heterocycles. The summed E-state index contributed by atoms with van der Waals surface area (Å²) in [4.78, 5) is 28.3. The monoisotopic (exact) mass is 545 g/mol. The van der Waals surface area contributed by atoms with Gasteiger partial charge in [-0.2, -0.15) is 0 Å². The van der Waals surface area contributed by atoms with Crippen LogP contribution in [0.25, 0.3) is 0 Å². The average molecular weight is 546 g/mol. The first-order valence-corrected chi connectivity index (χ1v) is 15.2. The number of amides is 2. The van der Waals surface area contributed by atoms with Crippen LogP contribution in [0.1, 0.15) is 58.1 Å². The Morgan fingerprint density at radius 3 is 2.29 bits per heavy atom. The Labute approximate surface area is 228 Å². The molecule has 0 unspecified atom stereocenters. The number of nitrogens with zero attached hydrogens (tertiary/aromatic N) is 2. The maximum absolute atomic E-state index is 13.6. The quantitative estimate of drug-likeness (QED) is 0.355. The number of ether oxygens (including phenoxy) is 1. The maximum Gasteiger partial charge on any atom is 0.242 e. The molecule has 1 N–H and O–H groups in total. The van der Waals surface area contributed by atoms with Gasteiger partial charge in [-0.15, -0.1) is 0 Å². The number of aryl methyl sites for hydroxylation is 1. The van der Waals surface area contributed by atoms with Crippen molar-refractivity contribution in [3.63, 3.8) is 0 Å². The summed E-state index contributed by atoms with van der Waals surface area (Å²) in [6.45, 7) is 11.1. The smallest absolute Gasteiger partial charge is 0.242 e. The molecule has 38 heavy (non-hydrogen) atoms. The predicted octanol–water partition coefficient (Wildman–Crippen LogP) is 4.52. The zero-order valence-corrected chi connectivity index (χ0v) is 24.4. The highest BCUT2D eigenvalue weighted by atomic mass is 32.2. The number of carbonyl (C=O) groups excluding carboxylic acids is 2. The topological polar surface area (TPSA) is 96.0 Å². The van der Waals surface area contributed by atoms with Crippen LogP contribution < -0.4 is 14.4 Å². The van der Waals surface area contributed by atoms with Crippen molar-refractivity contribution in [2.24, 2.45) is 5.92 Å². The number of benzene rings is 2. The number of nitrogens with one attached hydrogen (secondary N) is 1. The van der Waals surface area contributed by atoms with E-state index in [1.54, 1.807) is 29.2 Å². The molecule has 210 valence electrons. The van der Waals surface area contributed by atoms with E-state index in [4.69, 9.17) is 4.74 Å². The molecule has 2 aromatic rings. The lowest BCUT2D eigenvalue weighted by molar-refractivity contribution is -0.141. The van der Waals surface area contributed by atoms with Gasteiger partial charge in [-0.1, -0.05) is 57.2 Å². The van der Waals surface area contributed by atoms with Crippen LogP contribution in [-0.4, -0.2) is 57.1 Å². The molecule has 0 saturated carbocycles. The minimum absolute atomic E-state index is 0.0999. The standard InChI is InChI=1S/C29H43N3O5S/c1-7-25(29(34)30-20-22(3)4)31(21-24-15-10-9-14-23(24)5)28(33)18-13-19-32(38(6,35)36)26-16-11-12-17-27(26)37-8-2/h9-12,14-17,22,25H,7-8,13,18-21H2,1-6H3,(H,30,34)/t25-/m0/s1. The van der Waals surface area contributed by atoms with Crippen LogP contribution in [0.4, 0.5) is 5.69 Å². The summed E-state index contributed by atoms with van der Waals surface area (Å²) in [5, 5.41) is 2.97. The number of anilines is 1. The van der Waals surface area contributed by atoms with Gasteiger partial charge in [0.05, 0.1) is 18.6 Å². The van der Waals surface area contributed by atoms with Crippen molar-refractivity contribution >= 4 is 27.5 Å². The summed E-state index contributed by atoms with van der Waals surface area (Å²) in [5.41, 5.74) is 2.46. The number of para-hydroxylation sites is 2. The lowest BCUT2D eigenvalue weighted by Crippen LogP contribution is -2.49. The van der Waals surface area contributed by atoms with Gasteiger partial charge in [0.15, 0.2) is 0 Å². The van der Waals surface area contributed by atoms with Crippen LogP contribution in [0.2, 0.25) is 0 Å². The molecule has 0 heterocycles. The van der Waals surface area contributed by atoms with Crippen LogP contribution in [0.15, 0.2) is 48.5 Å². The molecule has 0 bridgehead atoms. The summed E-state index contributed by atoms with van der Waals surface area (Å²) in [6.07, 6.45) is 2.01. The molecule has 9 heteroatoms. The summed E-state index contributed by atoms with van der Waals surface area (Å²) < 4.78 is 32.3. The zero-order chi connectivity index (χ0) is 28.3. The first kappa shape index (κ1) is 31.1. The second-order valence-corrected chi connectivity index (χ2v) is 11.8. The van der Waals surface area contributed by atoms with E-state index in [1.807, 2.05) is 58.9 Å². The minimum atomic E-state index is -3.62. The number of hydrogen-bond acceptors (Lipinski definition) is 5. The van der Waals surface area contributed by atoms with Gasteiger partial charge in [0.2, 0.25) is 21.8 Å². The molecule has 0 aromatic heterocycles. The second-order valence-electron chi connectivity index (χ2n) is 9.85. The Bertz CT molecular complexity index is 1170. The fourth-order valence-electron chi connectivity index (χ4n) is 4.24. The minimum Gasteiger partial charge on any atom is -0.492 e. The Balaban J connectivity index is 2.26. The number of hydrogen-bond donors (Lipinski definition) is 1. The van der Waals surface area contributed by atoms with E-state index in [0.29, 0.717) is 49.9 Å². The molecule has 2 amide bonds. The molecule has 0 spiro atoms. The van der Waals surface area contributed by atoms with Gasteiger partial charge in [0, 0.05) is 26.1 Å². The van der Waals surface area contributed by atoms with Crippen LogP contribution in [-0.2, 0) is 26.2 Å². The summed E-state index contributed by atoms with van der Waals surface area (Å²) in [5.74, 6) is 0.400. The van der Waals surface area contributed by atoms with E-state index in [1.165, 1.54) is 4.31 Å². The van der Waals surface area contributed by atoms with E-state index in [2.05, 4.69) is 5.32 Å². The highest BCUT2D eigenvalue weighted by Gasteiger charge is 2.29. The molecule has 2 aromatic carbocycles. The first-order valence-electron chi connectivity index (χ1n) is 13.3. The van der Waals surface area contributed by atoms with Crippen molar-refractivity contribution in [1.82, 2.24) is 10.2 Å². The lowest BCUT2D eigenvalue weighted by atomic mass is 10.0. The third-order valence-corrected chi connectivity index (χ3v) is 7.44. The van der Waals surface area contributed by atoms with Crippen LogP contribution in [0.3, 0.4) is 0 Å². The number of carbonyl (C=O) groups is 2. The summed E-state index contributed by atoms with van der Waals surface area (Å²) >= 11 is 0. The summed E-state index contributed by atoms with van der Waals surface area (Å²) in [7, 11) is -3.62. The van der Waals surface area contributed by atoms with Crippen LogP contribution in [0, 0.1) is 12.8 Å². The van der Waals surface area contributed by atoms with Crippen LogP contribution >= 0.6 is 0 Å². The Kier molecular flexibility index (Phi) is 12.1. The maximum atomic E-state index is 13.6. The van der Waals surface area contributed by atoms with E-state index >= 15 is 0 Å². The van der Waals surface area contributed by atoms with Gasteiger partial charge in [-0.3, -0.25) is 13.9 Å². The molecule has 2 rings (SSSR count). The second kappa shape index (κ2) is 14.8. The van der Waals surface area contributed by atoms with E-state index < -0.39 is 16.1 Å². The molecule has 0 aliphatic rings. The fraction of sp³-hybridized carbons (Fsp3) is 0.517. The Morgan fingerprint density at radius 1 is 1.03 bits per heavy atom. The molecule has 8 nitrogen and oxygen atoms in total. The van der Waals surface area contributed by atoms with Crippen molar-refractivity contribution in [2.75, 3.05) is 30.3 Å².